The van der Waals surface area contributed by atoms with E-state index in [1.54, 1.807) is 0 Å². The highest BCUT2D eigenvalue weighted by molar-refractivity contribution is 5.86. The summed E-state index contributed by atoms with van der Waals surface area (Å²) in [6.45, 7) is 3.40. The fourth-order valence-corrected chi connectivity index (χ4v) is 0.874. The maximum Gasteiger partial charge on any atom is 0.326 e. The van der Waals surface area contributed by atoms with Gasteiger partial charge in [0.1, 0.15) is 6.04 Å². The number of carbonyl (C=O) groups is 3. The molecule has 0 saturated heterocycles. The Morgan fingerprint density at radius 3 is 2.33 bits per heavy atom. The van der Waals surface area contributed by atoms with Gasteiger partial charge in [0.2, 0.25) is 5.91 Å². The van der Waals surface area contributed by atoms with Crippen LogP contribution in [0.2, 0.25) is 0 Å². The van der Waals surface area contributed by atoms with Crippen molar-refractivity contribution in [2.45, 2.75) is 25.3 Å². The van der Waals surface area contributed by atoms with Crippen molar-refractivity contribution in [1.29, 1.82) is 0 Å². The quantitative estimate of drug-likeness (QED) is 0.518. The van der Waals surface area contributed by atoms with Crippen molar-refractivity contribution >= 4 is 17.8 Å². The van der Waals surface area contributed by atoms with Gasteiger partial charge in [0.25, 0.3) is 0 Å². The molecule has 0 aliphatic heterocycles. The topological polar surface area (TPSA) is 104 Å². The zero-order chi connectivity index (χ0) is 11.8. The first kappa shape index (κ1) is 13.2. The van der Waals surface area contributed by atoms with E-state index in [9.17, 15) is 14.4 Å². The predicted molar refractivity (Wildman–Crippen MR) is 51.3 cm³/mol. The van der Waals surface area contributed by atoms with Crippen molar-refractivity contribution in [1.82, 2.24) is 5.32 Å². The number of aliphatic carboxylic acids is 2. The largest absolute Gasteiger partial charge is 0.481 e. The highest BCUT2D eigenvalue weighted by Gasteiger charge is 2.22. The van der Waals surface area contributed by atoms with Crippen LogP contribution in [0, 0.1) is 0 Å². The van der Waals surface area contributed by atoms with E-state index in [1.807, 2.05) is 0 Å². The summed E-state index contributed by atoms with van der Waals surface area (Å²) in [5, 5.41) is 19.1. The van der Waals surface area contributed by atoms with E-state index in [0.717, 1.165) is 0 Å². The van der Waals surface area contributed by atoms with Crippen LogP contribution in [-0.4, -0.2) is 34.1 Å². The minimum Gasteiger partial charge on any atom is -0.481 e. The third-order valence-electron chi connectivity index (χ3n) is 1.59. The molecule has 0 rings (SSSR count). The van der Waals surface area contributed by atoms with Crippen molar-refractivity contribution in [3.05, 3.63) is 12.7 Å². The van der Waals surface area contributed by atoms with Crippen LogP contribution in [0.25, 0.3) is 0 Å². The molecule has 0 unspecified atom stereocenters. The number of rotatable bonds is 7. The summed E-state index contributed by atoms with van der Waals surface area (Å²) in [6.07, 6.45) is 1.42. The van der Waals surface area contributed by atoms with E-state index < -0.39 is 30.3 Å². The van der Waals surface area contributed by atoms with Crippen molar-refractivity contribution in [2.24, 2.45) is 0 Å². The summed E-state index contributed by atoms with van der Waals surface area (Å²) in [5.41, 5.74) is 0. The van der Waals surface area contributed by atoms with Crippen LogP contribution >= 0.6 is 0 Å². The van der Waals surface area contributed by atoms with Crippen molar-refractivity contribution < 1.29 is 24.6 Å². The lowest BCUT2D eigenvalue weighted by Gasteiger charge is -2.11. The molecular formula is C9H13NO5. The maximum atomic E-state index is 11.1. The van der Waals surface area contributed by atoms with Crippen molar-refractivity contribution in [3.8, 4) is 0 Å². The summed E-state index contributed by atoms with van der Waals surface area (Å²) in [6, 6.07) is -1.38. The van der Waals surface area contributed by atoms with Gasteiger partial charge in [-0.15, -0.1) is 6.58 Å². The molecular weight excluding hydrogens is 202 g/mol. The molecule has 6 nitrogen and oxygen atoms in total. The minimum absolute atomic E-state index is 0.104. The highest BCUT2D eigenvalue weighted by atomic mass is 16.4. The Kier molecular flexibility index (Phi) is 5.77. The summed E-state index contributed by atoms with van der Waals surface area (Å²) in [5.74, 6) is -3.13. The second-order valence-electron chi connectivity index (χ2n) is 2.88. The molecule has 0 aliphatic carbocycles. The number of allylic oxidation sites excluding steroid dienone is 1. The van der Waals surface area contributed by atoms with Gasteiger partial charge in [0.05, 0.1) is 6.42 Å². The molecule has 3 N–H and O–H groups in total. The molecule has 0 radical (unpaired) electrons. The van der Waals surface area contributed by atoms with Gasteiger partial charge < -0.3 is 15.5 Å². The molecule has 0 fully saturated rings. The normalized spacial score (nSPS) is 11.5. The molecule has 6 heteroatoms. The van der Waals surface area contributed by atoms with Crippen LogP contribution in [0.4, 0.5) is 0 Å². The molecule has 0 aromatic heterocycles. The van der Waals surface area contributed by atoms with Crippen molar-refractivity contribution in [3.63, 3.8) is 0 Å². The van der Waals surface area contributed by atoms with Gasteiger partial charge in [0, 0.05) is 6.42 Å². The summed E-state index contributed by atoms with van der Waals surface area (Å²) in [7, 11) is 0. The number of hydrogen-bond donors (Lipinski definition) is 3. The molecule has 0 bridgehead atoms. The number of hydrogen-bond acceptors (Lipinski definition) is 3. The van der Waals surface area contributed by atoms with Gasteiger partial charge in [-0.05, 0) is 6.42 Å². The molecule has 1 amide bonds. The molecule has 0 heterocycles. The Balaban J connectivity index is 4.16. The maximum absolute atomic E-state index is 11.1. The van der Waals surface area contributed by atoms with Gasteiger partial charge in [0.15, 0.2) is 0 Å². The first-order valence-electron chi connectivity index (χ1n) is 4.32. The number of carbonyl (C=O) groups excluding carboxylic acids is 1. The number of nitrogens with one attached hydrogen (secondary N) is 1. The van der Waals surface area contributed by atoms with Gasteiger partial charge >= 0.3 is 11.9 Å². The lowest BCUT2D eigenvalue weighted by Crippen LogP contribution is -2.42. The van der Waals surface area contributed by atoms with Crippen LogP contribution in [-0.2, 0) is 14.4 Å². The Labute approximate surface area is 86.6 Å². The van der Waals surface area contributed by atoms with Crippen LogP contribution < -0.4 is 5.32 Å². The van der Waals surface area contributed by atoms with Crippen LogP contribution in [0.1, 0.15) is 19.3 Å². The van der Waals surface area contributed by atoms with Crippen molar-refractivity contribution in [2.75, 3.05) is 0 Å². The Hall–Kier alpha value is -1.85. The van der Waals surface area contributed by atoms with Crippen LogP contribution in [0.3, 0.4) is 0 Å². The second-order valence-corrected chi connectivity index (χ2v) is 2.88. The second kappa shape index (κ2) is 6.58. The fourth-order valence-electron chi connectivity index (χ4n) is 0.874. The zero-order valence-corrected chi connectivity index (χ0v) is 8.10. The van der Waals surface area contributed by atoms with E-state index in [1.165, 1.54) is 6.08 Å². The molecule has 84 valence electrons. The molecule has 0 spiro atoms. The summed E-state index contributed by atoms with van der Waals surface area (Å²) < 4.78 is 0. The van der Waals surface area contributed by atoms with Crippen LogP contribution in [0.15, 0.2) is 12.7 Å². The van der Waals surface area contributed by atoms with Gasteiger partial charge in [-0.25, -0.2) is 4.79 Å². The van der Waals surface area contributed by atoms with Gasteiger partial charge in [-0.2, -0.15) is 0 Å². The molecule has 0 aromatic carbocycles. The van der Waals surface area contributed by atoms with E-state index in [4.69, 9.17) is 10.2 Å². The van der Waals surface area contributed by atoms with Crippen LogP contribution in [0.5, 0.6) is 0 Å². The first-order valence-corrected chi connectivity index (χ1v) is 4.32. The molecule has 0 aliphatic rings. The third kappa shape index (κ3) is 6.25. The Morgan fingerprint density at radius 1 is 1.33 bits per heavy atom. The van der Waals surface area contributed by atoms with E-state index in [0.29, 0.717) is 6.42 Å². The Morgan fingerprint density at radius 2 is 1.93 bits per heavy atom. The lowest BCUT2D eigenvalue weighted by atomic mass is 10.2. The first-order chi connectivity index (χ1) is 6.97. The Bertz CT molecular complexity index is 274. The van der Waals surface area contributed by atoms with E-state index >= 15 is 0 Å². The number of amides is 1. The minimum atomic E-state index is -1.38. The standard InChI is InChI=1S/C9H13NO5/c1-2-3-4-7(11)10-6(9(14)15)5-8(12)13/h2,6H,1,3-5H2,(H,10,11)(H,12,13)(H,14,15)/t6-/m1/s1. The molecule has 15 heavy (non-hydrogen) atoms. The lowest BCUT2D eigenvalue weighted by molar-refractivity contribution is -0.147. The summed E-state index contributed by atoms with van der Waals surface area (Å²) >= 11 is 0. The average molecular weight is 215 g/mol. The SMILES string of the molecule is C=CCCC(=O)N[C@H](CC(=O)O)C(=O)O. The fraction of sp³-hybridized carbons (Fsp3) is 0.444. The number of carboxylic acid groups (broad SMARTS) is 2. The third-order valence-corrected chi connectivity index (χ3v) is 1.59. The monoisotopic (exact) mass is 215 g/mol. The number of carboxylic acids is 2. The summed E-state index contributed by atoms with van der Waals surface area (Å²) in [4.78, 5) is 31.9. The van der Waals surface area contributed by atoms with E-state index in [2.05, 4.69) is 11.9 Å². The molecule has 0 aromatic rings. The molecule has 0 saturated carbocycles. The van der Waals surface area contributed by atoms with E-state index in [-0.39, 0.29) is 6.42 Å². The predicted octanol–water partition coefficient (Wildman–Crippen LogP) is -0.00330. The van der Waals surface area contributed by atoms with Gasteiger partial charge in [-0.1, -0.05) is 6.08 Å². The highest BCUT2D eigenvalue weighted by Crippen LogP contribution is 1.96. The smallest absolute Gasteiger partial charge is 0.326 e. The molecule has 1 atom stereocenters. The van der Waals surface area contributed by atoms with Gasteiger partial charge in [-0.3, -0.25) is 9.59 Å². The average Bonchev–Trinajstić information content (AvgIpc) is 2.12. The zero-order valence-electron chi connectivity index (χ0n) is 8.10.